The number of ether oxygens (including phenoxy) is 3. The van der Waals surface area contributed by atoms with Gasteiger partial charge in [-0.05, 0) is 55.4 Å². The van der Waals surface area contributed by atoms with E-state index in [1.165, 1.54) is 0 Å². The van der Waals surface area contributed by atoms with Crippen LogP contribution in [0.25, 0.3) is 16.7 Å². The van der Waals surface area contributed by atoms with Gasteiger partial charge in [-0.3, -0.25) is 0 Å². The van der Waals surface area contributed by atoms with Crippen LogP contribution in [-0.2, 0) is 4.43 Å². The van der Waals surface area contributed by atoms with E-state index in [0.29, 0.717) is 40.6 Å². The summed E-state index contributed by atoms with van der Waals surface area (Å²) < 4.78 is 27.0. The number of methoxy groups -OCH3 is 3. The number of hydrogen-bond acceptors (Lipinski definition) is 9. The van der Waals surface area contributed by atoms with E-state index in [-0.39, 0.29) is 16.4 Å². The highest BCUT2D eigenvalue weighted by Gasteiger charge is 2.40. The first-order chi connectivity index (χ1) is 19.9. The molecule has 1 N–H and O–H groups in total. The smallest absolute Gasteiger partial charge is 0.226 e. The fourth-order valence-electron chi connectivity index (χ4n) is 5.13. The topological polar surface area (TPSA) is 110 Å². The van der Waals surface area contributed by atoms with Crippen molar-refractivity contribution in [1.29, 1.82) is 0 Å². The third-order valence-electron chi connectivity index (χ3n) is 8.46. The zero-order valence-electron chi connectivity index (χ0n) is 25.6. The van der Waals surface area contributed by atoms with Gasteiger partial charge in [0.1, 0.15) is 18.0 Å². The Kier molecular flexibility index (Phi) is 8.41. The number of hydrogen-bond donors (Lipinski definition) is 1. The second-order valence-electron chi connectivity index (χ2n) is 12.2. The van der Waals surface area contributed by atoms with E-state index in [9.17, 15) is 0 Å². The van der Waals surface area contributed by atoms with Gasteiger partial charge < -0.3 is 28.5 Å². The molecule has 0 atom stereocenters. The molecule has 0 amide bonds. The van der Waals surface area contributed by atoms with Crippen molar-refractivity contribution in [3.05, 3.63) is 36.1 Å². The average Bonchev–Trinajstić information content (AvgIpc) is 3.59. The maximum atomic E-state index is 6.70. The summed E-state index contributed by atoms with van der Waals surface area (Å²) in [6.07, 6.45) is 9.57. The van der Waals surface area contributed by atoms with Crippen molar-refractivity contribution < 1.29 is 18.6 Å². The van der Waals surface area contributed by atoms with Gasteiger partial charge >= 0.3 is 0 Å². The molecule has 5 rings (SSSR count). The molecule has 0 radical (unpaired) electrons. The number of benzene rings is 1. The van der Waals surface area contributed by atoms with Crippen LogP contribution in [0.4, 0.5) is 11.6 Å². The number of nitrogens with zero attached hydrogens (tertiary/aromatic N) is 6. The first kappa shape index (κ1) is 30.1. The molecule has 0 aliphatic heterocycles. The number of nitrogens with one attached hydrogen (secondary N) is 1. The Labute approximate surface area is 252 Å². The molecule has 3 aromatic heterocycles. The second-order valence-corrected chi connectivity index (χ2v) is 17.2. The van der Waals surface area contributed by atoms with Crippen LogP contribution in [0.3, 0.4) is 0 Å². The van der Waals surface area contributed by atoms with Gasteiger partial charge in [0.2, 0.25) is 11.0 Å². The molecule has 13 heteroatoms. The zero-order valence-corrected chi connectivity index (χ0v) is 27.3. The predicted octanol–water partition coefficient (Wildman–Crippen LogP) is 6.94. The molecule has 42 heavy (non-hydrogen) atoms. The highest BCUT2D eigenvalue weighted by atomic mass is 35.5. The Morgan fingerprint density at radius 3 is 2.24 bits per heavy atom. The first-order valence-electron chi connectivity index (χ1n) is 14.1. The predicted molar refractivity (Wildman–Crippen MR) is 166 cm³/mol. The summed E-state index contributed by atoms with van der Waals surface area (Å²) in [5.74, 6) is 2.74. The lowest BCUT2D eigenvalue weighted by molar-refractivity contribution is 0.116. The summed E-state index contributed by atoms with van der Waals surface area (Å²) in [6, 6.07) is 3.92. The molecular weight excluding hydrogens is 574 g/mol. The molecule has 1 aromatic carbocycles. The highest BCUT2D eigenvalue weighted by Crippen LogP contribution is 2.41. The largest absolute Gasteiger partial charge is 0.493 e. The standard InChI is InChI=1S/C29H40ClN7O4Si/c1-29(2,3)42(7,8)41-20-11-9-18(10-12-20)37-27-21(15-32-37)26(34-28(30)35-27)33-24-16-36(17-31-24)19-13-22(38-4)25(40-6)23(14-19)39-5/h13-18,20H,9-12H2,1-8H3,(H,33,34,35)/t18-,20+. The normalized spacial score (nSPS) is 17.8. The quantitative estimate of drug-likeness (QED) is 0.158. The minimum absolute atomic E-state index is 0.144. The van der Waals surface area contributed by atoms with Gasteiger partial charge in [-0.1, -0.05) is 20.8 Å². The van der Waals surface area contributed by atoms with Crippen LogP contribution in [0.2, 0.25) is 23.4 Å². The van der Waals surface area contributed by atoms with Crippen LogP contribution in [0.1, 0.15) is 52.5 Å². The molecule has 4 aromatic rings. The molecular formula is C29H40ClN7O4Si. The first-order valence-corrected chi connectivity index (χ1v) is 17.4. The van der Waals surface area contributed by atoms with Crippen molar-refractivity contribution in [2.75, 3.05) is 26.6 Å². The lowest BCUT2D eigenvalue weighted by Gasteiger charge is -2.41. The Morgan fingerprint density at radius 2 is 1.64 bits per heavy atom. The van der Waals surface area contributed by atoms with Crippen molar-refractivity contribution in [2.45, 2.75) is 76.7 Å². The molecule has 1 aliphatic rings. The minimum atomic E-state index is -1.81. The maximum Gasteiger partial charge on any atom is 0.226 e. The summed E-state index contributed by atoms with van der Waals surface area (Å²) in [7, 11) is 2.94. The number of fused-ring (bicyclic) bond motifs is 1. The average molecular weight is 614 g/mol. The second kappa shape index (κ2) is 11.7. The third kappa shape index (κ3) is 5.93. The fraction of sp³-hybridized carbons (Fsp3) is 0.517. The van der Waals surface area contributed by atoms with Crippen LogP contribution in [-0.4, -0.2) is 65.1 Å². The van der Waals surface area contributed by atoms with Crippen molar-refractivity contribution in [2.24, 2.45) is 0 Å². The number of aromatic nitrogens is 6. The Hall–Kier alpha value is -3.35. The molecule has 1 saturated carbocycles. The molecule has 3 heterocycles. The summed E-state index contributed by atoms with van der Waals surface area (Å²) in [5, 5.41) is 9.15. The lowest BCUT2D eigenvalue weighted by Crippen LogP contribution is -2.44. The van der Waals surface area contributed by atoms with E-state index < -0.39 is 8.32 Å². The SMILES string of the molecule is COc1cc(-n2cnc(Nc3nc(Cl)nc4c3cnn4[C@H]3CC[C@@H](O[Si](C)(C)C(C)(C)C)CC3)c2)cc(OC)c1OC. The van der Waals surface area contributed by atoms with Crippen molar-refractivity contribution in [1.82, 2.24) is 29.3 Å². The number of anilines is 2. The van der Waals surface area contributed by atoms with E-state index in [4.69, 9.17) is 35.3 Å². The minimum Gasteiger partial charge on any atom is -0.493 e. The van der Waals surface area contributed by atoms with E-state index in [1.807, 2.05) is 27.6 Å². The number of halogens is 1. The van der Waals surface area contributed by atoms with E-state index in [0.717, 1.165) is 36.8 Å². The molecule has 226 valence electrons. The Balaban J connectivity index is 1.34. The third-order valence-corrected chi connectivity index (χ3v) is 13.2. The van der Waals surface area contributed by atoms with E-state index >= 15 is 0 Å². The monoisotopic (exact) mass is 613 g/mol. The van der Waals surface area contributed by atoms with Crippen LogP contribution in [0.15, 0.2) is 30.9 Å². The Morgan fingerprint density at radius 1 is 0.976 bits per heavy atom. The molecule has 11 nitrogen and oxygen atoms in total. The molecule has 0 spiro atoms. The van der Waals surface area contributed by atoms with Gasteiger partial charge in [0.15, 0.2) is 25.5 Å². The summed E-state index contributed by atoms with van der Waals surface area (Å²) in [5.41, 5.74) is 1.49. The lowest BCUT2D eigenvalue weighted by atomic mass is 9.93. The van der Waals surface area contributed by atoms with Gasteiger partial charge in [0.05, 0.1) is 50.8 Å². The molecule has 0 bridgehead atoms. The van der Waals surface area contributed by atoms with Gasteiger partial charge in [0, 0.05) is 18.2 Å². The summed E-state index contributed by atoms with van der Waals surface area (Å²) in [4.78, 5) is 13.5. The zero-order chi connectivity index (χ0) is 30.2. The molecule has 1 aliphatic carbocycles. The van der Waals surface area contributed by atoms with Crippen LogP contribution in [0, 0.1) is 0 Å². The van der Waals surface area contributed by atoms with Gasteiger partial charge in [-0.15, -0.1) is 0 Å². The van der Waals surface area contributed by atoms with Gasteiger partial charge in [0.25, 0.3) is 0 Å². The van der Waals surface area contributed by atoms with Crippen LogP contribution < -0.4 is 19.5 Å². The number of imidazole rings is 1. The highest BCUT2D eigenvalue weighted by molar-refractivity contribution is 6.74. The van der Waals surface area contributed by atoms with E-state index in [2.05, 4.69) is 54.1 Å². The molecule has 0 unspecified atom stereocenters. The summed E-state index contributed by atoms with van der Waals surface area (Å²) in [6.45, 7) is 11.5. The van der Waals surface area contributed by atoms with Crippen molar-refractivity contribution >= 4 is 42.6 Å². The maximum absolute atomic E-state index is 6.70. The molecule has 1 fully saturated rings. The number of rotatable bonds is 9. The van der Waals surface area contributed by atoms with Crippen molar-refractivity contribution in [3.63, 3.8) is 0 Å². The van der Waals surface area contributed by atoms with Crippen LogP contribution in [0.5, 0.6) is 17.2 Å². The summed E-state index contributed by atoms with van der Waals surface area (Å²) >= 11 is 6.41. The van der Waals surface area contributed by atoms with Crippen LogP contribution >= 0.6 is 11.6 Å². The Bertz CT molecular complexity index is 1530. The van der Waals surface area contributed by atoms with Gasteiger partial charge in [-0.2, -0.15) is 15.1 Å². The molecule has 0 saturated heterocycles. The van der Waals surface area contributed by atoms with Gasteiger partial charge in [-0.25, -0.2) is 9.67 Å². The van der Waals surface area contributed by atoms with E-state index in [1.54, 1.807) is 33.9 Å². The van der Waals surface area contributed by atoms with Crippen molar-refractivity contribution in [3.8, 4) is 22.9 Å². The fourth-order valence-corrected chi connectivity index (χ4v) is 6.72.